The van der Waals surface area contributed by atoms with E-state index in [1.54, 1.807) is 20.8 Å². The summed E-state index contributed by atoms with van der Waals surface area (Å²) in [6.45, 7) is 5.77. The molecule has 0 aromatic heterocycles. The molecule has 0 spiro atoms. The fraction of sp³-hybridized carbons (Fsp3) is 0.909. The standard InChI is InChI=1S/C11H19F2NO3/c1-7-5-14(6-11(12,13)8(7)15)9(16)17-10(2,3)4/h7-8,15H,5-6H2,1-4H3. The molecule has 1 aliphatic rings. The number of ether oxygens (including phenoxy) is 1. The number of likely N-dealkylation sites (tertiary alicyclic amines) is 1. The molecule has 0 aromatic carbocycles. The molecule has 2 unspecified atom stereocenters. The van der Waals surface area contributed by atoms with Crippen molar-refractivity contribution in [3.63, 3.8) is 0 Å². The lowest BCUT2D eigenvalue weighted by Crippen LogP contribution is -2.58. The van der Waals surface area contributed by atoms with Gasteiger partial charge in [-0.25, -0.2) is 13.6 Å². The van der Waals surface area contributed by atoms with Crippen LogP contribution in [0.5, 0.6) is 0 Å². The highest BCUT2D eigenvalue weighted by molar-refractivity contribution is 5.68. The van der Waals surface area contributed by atoms with Gasteiger partial charge in [-0.1, -0.05) is 6.92 Å². The lowest BCUT2D eigenvalue weighted by Gasteiger charge is -2.40. The van der Waals surface area contributed by atoms with Gasteiger partial charge in [0.2, 0.25) is 0 Å². The highest BCUT2D eigenvalue weighted by atomic mass is 19.3. The number of piperidine rings is 1. The van der Waals surface area contributed by atoms with Gasteiger partial charge >= 0.3 is 6.09 Å². The summed E-state index contributed by atoms with van der Waals surface area (Å²) < 4.78 is 31.8. The van der Waals surface area contributed by atoms with E-state index >= 15 is 0 Å². The van der Waals surface area contributed by atoms with Crippen molar-refractivity contribution in [3.05, 3.63) is 0 Å². The van der Waals surface area contributed by atoms with Crippen molar-refractivity contribution in [1.82, 2.24) is 4.90 Å². The summed E-state index contributed by atoms with van der Waals surface area (Å²) in [5, 5.41) is 9.31. The third kappa shape index (κ3) is 3.52. The molecule has 17 heavy (non-hydrogen) atoms. The van der Waals surface area contributed by atoms with Gasteiger partial charge in [0, 0.05) is 12.5 Å². The number of hydrogen-bond donors (Lipinski definition) is 1. The van der Waals surface area contributed by atoms with E-state index in [4.69, 9.17) is 4.74 Å². The zero-order valence-electron chi connectivity index (χ0n) is 10.5. The van der Waals surface area contributed by atoms with Gasteiger partial charge in [0.05, 0.1) is 6.54 Å². The number of hydrogen-bond acceptors (Lipinski definition) is 3. The van der Waals surface area contributed by atoms with Crippen molar-refractivity contribution in [2.24, 2.45) is 5.92 Å². The lowest BCUT2D eigenvalue weighted by atomic mass is 9.94. The second-order valence-electron chi connectivity index (χ2n) is 5.54. The summed E-state index contributed by atoms with van der Waals surface area (Å²) in [7, 11) is 0. The minimum Gasteiger partial charge on any atom is -0.444 e. The average Bonchev–Trinajstić information content (AvgIpc) is 2.10. The zero-order chi connectivity index (χ0) is 13.4. The maximum absolute atomic E-state index is 13.4. The monoisotopic (exact) mass is 251 g/mol. The zero-order valence-corrected chi connectivity index (χ0v) is 10.5. The molecule has 100 valence electrons. The van der Waals surface area contributed by atoms with Gasteiger partial charge in [-0.05, 0) is 20.8 Å². The number of rotatable bonds is 0. The summed E-state index contributed by atoms with van der Waals surface area (Å²) in [6.07, 6.45) is -2.47. The Hall–Kier alpha value is -0.910. The molecule has 1 fully saturated rings. The Balaban J connectivity index is 2.71. The summed E-state index contributed by atoms with van der Waals surface area (Å²) in [4.78, 5) is 12.6. The third-order valence-corrected chi connectivity index (χ3v) is 2.53. The van der Waals surface area contributed by atoms with E-state index in [-0.39, 0.29) is 6.54 Å². The predicted molar refractivity (Wildman–Crippen MR) is 57.9 cm³/mol. The molecule has 1 rings (SSSR count). The minimum absolute atomic E-state index is 0.0751. The first-order valence-corrected chi connectivity index (χ1v) is 5.57. The van der Waals surface area contributed by atoms with Crippen LogP contribution >= 0.6 is 0 Å². The Morgan fingerprint density at radius 3 is 2.41 bits per heavy atom. The predicted octanol–water partition coefficient (Wildman–Crippen LogP) is 1.87. The molecule has 0 radical (unpaired) electrons. The third-order valence-electron chi connectivity index (χ3n) is 2.53. The highest BCUT2D eigenvalue weighted by Crippen LogP contribution is 2.31. The van der Waals surface area contributed by atoms with Crippen molar-refractivity contribution < 1.29 is 23.4 Å². The molecule has 1 heterocycles. The van der Waals surface area contributed by atoms with Crippen molar-refractivity contribution in [2.75, 3.05) is 13.1 Å². The first-order valence-electron chi connectivity index (χ1n) is 5.57. The molecule has 1 saturated heterocycles. The summed E-state index contributed by atoms with van der Waals surface area (Å²) in [6, 6.07) is 0. The molecule has 6 heteroatoms. The van der Waals surface area contributed by atoms with Gasteiger partial charge in [-0.2, -0.15) is 0 Å². The van der Waals surface area contributed by atoms with Crippen LogP contribution in [0, 0.1) is 5.92 Å². The molecule has 0 bridgehead atoms. The first-order chi connectivity index (χ1) is 7.53. The largest absolute Gasteiger partial charge is 0.444 e. The summed E-state index contributed by atoms with van der Waals surface area (Å²) in [5.41, 5.74) is -0.717. The Kier molecular flexibility index (Phi) is 3.66. The fourth-order valence-electron chi connectivity index (χ4n) is 1.74. The number of halogens is 2. The summed E-state index contributed by atoms with van der Waals surface area (Å²) >= 11 is 0. The molecule has 0 aromatic rings. The molecule has 1 N–H and O–H groups in total. The number of aliphatic hydroxyl groups excluding tert-OH is 1. The van der Waals surface area contributed by atoms with Gasteiger partial charge in [0.15, 0.2) is 0 Å². The lowest BCUT2D eigenvalue weighted by molar-refractivity contribution is -0.167. The smallest absolute Gasteiger partial charge is 0.410 e. The Morgan fingerprint density at radius 2 is 2.00 bits per heavy atom. The molecule has 0 saturated carbocycles. The van der Waals surface area contributed by atoms with Crippen LogP contribution in [0.25, 0.3) is 0 Å². The maximum atomic E-state index is 13.4. The maximum Gasteiger partial charge on any atom is 0.410 e. The Bertz CT molecular complexity index is 302. The van der Waals surface area contributed by atoms with Crippen LogP contribution in [0.15, 0.2) is 0 Å². The second-order valence-corrected chi connectivity index (χ2v) is 5.54. The van der Waals surface area contributed by atoms with E-state index in [1.807, 2.05) is 0 Å². The second kappa shape index (κ2) is 4.40. The van der Waals surface area contributed by atoms with E-state index in [1.165, 1.54) is 6.92 Å². The summed E-state index contributed by atoms with van der Waals surface area (Å²) in [5.74, 6) is -3.96. The molecule has 2 atom stereocenters. The number of aliphatic hydroxyl groups is 1. The number of alkyl halides is 2. The van der Waals surface area contributed by atoms with Gasteiger partial charge in [-0.3, -0.25) is 0 Å². The molecule has 0 aliphatic carbocycles. The van der Waals surface area contributed by atoms with Crippen LogP contribution in [0.1, 0.15) is 27.7 Å². The van der Waals surface area contributed by atoms with Gasteiger partial charge < -0.3 is 14.7 Å². The Morgan fingerprint density at radius 1 is 1.47 bits per heavy atom. The Labute approximate surface area is 99.5 Å². The number of amides is 1. The fourth-order valence-corrected chi connectivity index (χ4v) is 1.74. The van der Waals surface area contributed by atoms with Crippen molar-refractivity contribution in [1.29, 1.82) is 0 Å². The van der Waals surface area contributed by atoms with E-state index in [0.29, 0.717) is 0 Å². The molecule has 4 nitrogen and oxygen atoms in total. The number of carbonyl (C=O) groups excluding carboxylic acids is 1. The normalized spacial score (nSPS) is 29.0. The van der Waals surface area contributed by atoms with E-state index in [9.17, 15) is 18.7 Å². The van der Waals surface area contributed by atoms with Crippen LogP contribution in [0.2, 0.25) is 0 Å². The van der Waals surface area contributed by atoms with E-state index < -0.39 is 36.2 Å². The van der Waals surface area contributed by atoms with Crippen molar-refractivity contribution in [2.45, 2.75) is 45.3 Å². The molecule has 1 amide bonds. The number of carbonyl (C=O) groups is 1. The van der Waals surface area contributed by atoms with Crippen molar-refractivity contribution >= 4 is 6.09 Å². The van der Waals surface area contributed by atoms with Crippen LogP contribution in [0.3, 0.4) is 0 Å². The molecular formula is C11H19F2NO3. The average molecular weight is 251 g/mol. The van der Waals surface area contributed by atoms with Crippen LogP contribution in [-0.4, -0.2) is 46.8 Å². The molecular weight excluding hydrogens is 232 g/mol. The van der Waals surface area contributed by atoms with E-state index in [0.717, 1.165) is 4.90 Å². The highest BCUT2D eigenvalue weighted by Gasteiger charge is 2.49. The quantitative estimate of drug-likeness (QED) is 0.715. The van der Waals surface area contributed by atoms with Crippen LogP contribution in [0.4, 0.5) is 13.6 Å². The van der Waals surface area contributed by atoms with Crippen LogP contribution in [-0.2, 0) is 4.74 Å². The molecule has 1 aliphatic heterocycles. The van der Waals surface area contributed by atoms with Gasteiger partial charge in [0.25, 0.3) is 5.92 Å². The van der Waals surface area contributed by atoms with E-state index in [2.05, 4.69) is 0 Å². The van der Waals surface area contributed by atoms with Gasteiger partial charge in [0.1, 0.15) is 11.7 Å². The van der Waals surface area contributed by atoms with Gasteiger partial charge in [-0.15, -0.1) is 0 Å². The number of nitrogens with zero attached hydrogens (tertiary/aromatic N) is 1. The van der Waals surface area contributed by atoms with Crippen LogP contribution < -0.4 is 0 Å². The topological polar surface area (TPSA) is 49.8 Å². The SMILES string of the molecule is CC1CN(C(=O)OC(C)(C)C)CC(F)(F)C1O. The van der Waals surface area contributed by atoms with Crippen molar-refractivity contribution in [3.8, 4) is 0 Å². The minimum atomic E-state index is -3.28. The first kappa shape index (κ1) is 14.2.